The Bertz CT molecular complexity index is 569. The van der Waals surface area contributed by atoms with Crippen LogP contribution in [0.25, 0.3) is 0 Å². The van der Waals surface area contributed by atoms with E-state index in [9.17, 15) is 4.79 Å². The second-order valence-electron chi connectivity index (χ2n) is 4.08. The van der Waals surface area contributed by atoms with Gasteiger partial charge in [0.05, 0.1) is 18.8 Å². The molecule has 0 aliphatic rings. The number of ether oxygens (including phenoxy) is 1. The van der Waals surface area contributed by atoms with Crippen LogP contribution < -0.4 is 5.73 Å². The van der Waals surface area contributed by atoms with Gasteiger partial charge in [-0.05, 0) is 19.1 Å². The third-order valence-corrected chi connectivity index (χ3v) is 3.58. The lowest BCUT2D eigenvalue weighted by Crippen LogP contribution is -2.09. The Labute approximate surface area is 122 Å². The van der Waals surface area contributed by atoms with Crippen molar-refractivity contribution in [3.63, 3.8) is 0 Å². The minimum absolute atomic E-state index is 0.191. The molecule has 0 radical (unpaired) electrons. The summed E-state index contributed by atoms with van der Waals surface area (Å²) in [4.78, 5) is 12.8. The molecule has 0 bridgehead atoms. The molecule has 5 nitrogen and oxygen atoms in total. The van der Waals surface area contributed by atoms with Crippen LogP contribution in [-0.2, 0) is 11.3 Å². The molecular formula is C14H17N3O2S. The van der Waals surface area contributed by atoms with Crippen LogP contribution in [0, 0.1) is 0 Å². The van der Waals surface area contributed by atoms with Crippen LogP contribution in [0.5, 0.6) is 0 Å². The zero-order valence-corrected chi connectivity index (χ0v) is 12.1. The summed E-state index contributed by atoms with van der Waals surface area (Å²) >= 11 is 1.73. The van der Waals surface area contributed by atoms with Crippen molar-refractivity contribution in [1.82, 2.24) is 9.78 Å². The molecule has 0 spiro atoms. The Balaban J connectivity index is 1.91. The predicted molar refractivity (Wildman–Crippen MR) is 79.8 cm³/mol. The van der Waals surface area contributed by atoms with Crippen LogP contribution in [-0.4, -0.2) is 28.1 Å². The van der Waals surface area contributed by atoms with E-state index >= 15 is 0 Å². The molecule has 0 saturated heterocycles. The predicted octanol–water partition coefficient (Wildman–Crippen LogP) is 2.43. The van der Waals surface area contributed by atoms with Gasteiger partial charge in [0.1, 0.15) is 0 Å². The minimum Gasteiger partial charge on any atom is -0.461 e. The molecule has 2 rings (SSSR count). The van der Waals surface area contributed by atoms with E-state index in [-0.39, 0.29) is 5.69 Å². The van der Waals surface area contributed by atoms with E-state index in [1.54, 1.807) is 29.6 Å². The fourth-order valence-electron chi connectivity index (χ4n) is 1.68. The Hall–Kier alpha value is -1.95. The third kappa shape index (κ3) is 3.77. The Kier molecular flexibility index (Phi) is 5.06. The van der Waals surface area contributed by atoms with Crippen molar-refractivity contribution in [3.05, 3.63) is 42.2 Å². The van der Waals surface area contributed by atoms with Crippen LogP contribution in [0.4, 0.5) is 5.69 Å². The maximum absolute atomic E-state index is 11.6. The molecule has 0 atom stereocenters. The first-order chi connectivity index (χ1) is 9.70. The van der Waals surface area contributed by atoms with Gasteiger partial charge in [0.15, 0.2) is 5.69 Å². The highest BCUT2D eigenvalue weighted by Gasteiger charge is 2.15. The fraction of sp³-hybridized carbons (Fsp3) is 0.286. The third-order valence-electron chi connectivity index (χ3n) is 2.59. The average Bonchev–Trinajstić information content (AvgIpc) is 2.81. The van der Waals surface area contributed by atoms with Gasteiger partial charge < -0.3 is 10.5 Å². The zero-order chi connectivity index (χ0) is 14.4. The molecule has 0 fully saturated rings. The molecule has 0 aliphatic carbocycles. The molecule has 20 heavy (non-hydrogen) atoms. The number of nitrogens with two attached hydrogens (primary N) is 1. The van der Waals surface area contributed by atoms with Crippen LogP contribution in [0.3, 0.4) is 0 Å². The molecule has 0 unspecified atom stereocenters. The summed E-state index contributed by atoms with van der Waals surface area (Å²) in [5.41, 5.74) is 6.31. The summed E-state index contributed by atoms with van der Waals surface area (Å²) in [6, 6.07) is 10.1. The number of nitrogens with zero attached hydrogens (tertiary/aromatic N) is 2. The number of hydrogen-bond donors (Lipinski definition) is 1. The highest BCUT2D eigenvalue weighted by molar-refractivity contribution is 7.99. The number of aromatic nitrogens is 2. The number of anilines is 1. The summed E-state index contributed by atoms with van der Waals surface area (Å²) in [7, 11) is 0. The van der Waals surface area contributed by atoms with Crippen molar-refractivity contribution >= 4 is 23.4 Å². The van der Waals surface area contributed by atoms with Crippen molar-refractivity contribution < 1.29 is 9.53 Å². The number of esters is 1. The van der Waals surface area contributed by atoms with Gasteiger partial charge in [-0.1, -0.05) is 18.2 Å². The van der Waals surface area contributed by atoms with Gasteiger partial charge >= 0.3 is 5.97 Å². The highest BCUT2D eigenvalue weighted by Crippen LogP contribution is 2.18. The Morgan fingerprint density at radius 3 is 2.85 bits per heavy atom. The number of carbonyl (C=O) groups excluding carboxylic acids is 1. The number of benzene rings is 1. The van der Waals surface area contributed by atoms with Crippen molar-refractivity contribution in [2.24, 2.45) is 0 Å². The first-order valence-electron chi connectivity index (χ1n) is 6.38. The second-order valence-corrected chi connectivity index (χ2v) is 5.25. The molecule has 1 aromatic carbocycles. The topological polar surface area (TPSA) is 70.1 Å². The number of thioether (sulfide) groups is 1. The molecule has 2 aromatic rings. The molecule has 1 heterocycles. The summed E-state index contributed by atoms with van der Waals surface area (Å²) < 4.78 is 6.57. The molecule has 0 amide bonds. The molecule has 106 valence electrons. The van der Waals surface area contributed by atoms with Crippen molar-refractivity contribution in [2.75, 3.05) is 18.1 Å². The largest absolute Gasteiger partial charge is 0.461 e. The van der Waals surface area contributed by atoms with Gasteiger partial charge in [-0.3, -0.25) is 4.68 Å². The smallest absolute Gasteiger partial charge is 0.361 e. The van der Waals surface area contributed by atoms with Crippen molar-refractivity contribution in [2.45, 2.75) is 18.4 Å². The number of carbonyl (C=O) groups is 1. The van der Waals surface area contributed by atoms with Crippen LogP contribution >= 0.6 is 11.8 Å². The average molecular weight is 291 g/mol. The summed E-state index contributed by atoms with van der Waals surface area (Å²) in [5.74, 6) is 0.382. The van der Waals surface area contributed by atoms with Gasteiger partial charge in [-0.25, -0.2) is 4.79 Å². The molecule has 1 aromatic heterocycles. The quantitative estimate of drug-likeness (QED) is 0.654. The number of aryl methyl sites for hydroxylation is 1. The lowest BCUT2D eigenvalue weighted by atomic mass is 10.4. The summed E-state index contributed by atoms with van der Waals surface area (Å²) in [6.07, 6.45) is 1.66. The van der Waals surface area contributed by atoms with E-state index in [0.29, 0.717) is 18.8 Å². The summed E-state index contributed by atoms with van der Waals surface area (Å²) in [5, 5.41) is 4.16. The van der Waals surface area contributed by atoms with E-state index in [2.05, 4.69) is 17.2 Å². The molecule has 0 saturated carbocycles. The number of nitrogen functional groups attached to an aromatic ring is 1. The highest BCUT2D eigenvalue weighted by atomic mass is 32.2. The lowest BCUT2D eigenvalue weighted by Gasteiger charge is -2.02. The van der Waals surface area contributed by atoms with Gasteiger partial charge in [0, 0.05) is 16.8 Å². The normalized spacial score (nSPS) is 10.4. The monoisotopic (exact) mass is 291 g/mol. The lowest BCUT2D eigenvalue weighted by molar-refractivity contribution is 0.0519. The van der Waals surface area contributed by atoms with Crippen LogP contribution in [0.15, 0.2) is 41.4 Å². The van der Waals surface area contributed by atoms with Gasteiger partial charge in [-0.15, -0.1) is 11.8 Å². The molecule has 2 N–H and O–H groups in total. The van der Waals surface area contributed by atoms with E-state index in [4.69, 9.17) is 10.5 Å². The van der Waals surface area contributed by atoms with Crippen molar-refractivity contribution in [3.8, 4) is 0 Å². The number of rotatable bonds is 6. The minimum atomic E-state index is -0.473. The standard InChI is InChI=1S/C14H17N3O2S/c1-2-19-14(18)13-12(15)10-17(16-13)8-9-20-11-6-4-3-5-7-11/h3-7,10H,2,8-9,15H2,1H3. The van der Waals surface area contributed by atoms with Crippen molar-refractivity contribution in [1.29, 1.82) is 0 Å². The Morgan fingerprint density at radius 2 is 2.15 bits per heavy atom. The maximum atomic E-state index is 11.6. The molecular weight excluding hydrogens is 274 g/mol. The first-order valence-corrected chi connectivity index (χ1v) is 7.37. The van der Waals surface area contributed by atoms with E-state index < -0.39 is 5.97 Å². The van der Waals surface area contributed by atoms with Gasteiger partial charge in [0.25, 0.3) is 0 Å². The molecule has 0 aliphatic heterocycles. The van der Waals surface area contributed by atoms with E-state index in [1.807, 2.05) is 18.2 Å². The maximum Gasteiger partial charge on any atom is 0.361 e. The fourth-order valence-corrected chi connectivity index (χ4v) is 2.55. The van der Waals surface area contributed by atoms with E-state index in [0.717, 1.165) is 5.75 Å². The van der Waals surface area contributed by atoms with Crippen LogP contribution in [0.2, 0.25) is 0 Å². The first kappa shape index (κ1) is 14.5. The SMILES string of the molecule is CCOC(=O)c1nn(CCSc2ccccc2)cc1N. The van der Waals surface area contributed by atoms with Crippen LogP contribution in [0.1, 0.15) is 17.4 Å². The molecule has 6 heteroatoms. The number of hydrogen-bond acceptors (Lipinski definition) is 5. The van der Waals surface area contributed by atoms with Gasteiger partial charge in [-0.2, -0.15) is 5.10 Å². The zero-order valence-electron chi connectivity index (χ0n) is 11.3. The summed E-state index contributed by atoms with van der Waals surface area (Å²) in [6.45, 7) is 2.75. The second kappa shape index (κ2) is 7.00. The van der Waals surface area contributed by atoms with E-state index in [1.165, 1.54) is 4.90 Å². The van der Waals surface area contributed by atoms with Gasteiger partial charge in [0.2, 0.25) is 0 Å². The Morgan fingerprint density at radius 1 is 1.40 bits per heavy atom.